The Bertz CT molecular complexity index is 299. The van der Waals surface area contributed by atoms with Gasteiger partial charge < -0.3 is 5.73 Å². The molecule has 1 atom stereocenters. The van der Waals surface area contributed by atoms with Crippen LogP contribution < -0.4 is 5.73 Å². The summed E-state index contributed by atoms with van der Waals surface area (Å²) in [5.74, 6) is -1.75. The molecule has 0 bridgehead atoms. The maximum atomic E-state index is 12.9. The summed E-state index contributed by atoms with van der Waals surface area (Å²) < 4.78 is 25.6. The van der Waals surface area contributed by atoms with Crippen molar-refractivity contribution < 1.29 is 8.78 Å². The number of rotatable bonds is 1. The quantitative estimate of drug-likeness (QED) is 0.745. The van der Waals surface area contributed by atoms with Crippen LogP contribution in [0.15, 0.2) is 16.6 Å². The lowest BCUT2D eigenvalue weighted by Crippen LogP contribution is -2.07. The maximum absolute atomic E-state index is 12.9. The first-order valence-electron chi connectivity index (χ1n) is 3.43. The van der Waals surface area contributed by atoms with Gasteiger partial charge in [-0.05, 0) is 34.5 Å². The lowest BCUT2D eigenvalue weighted by molar-refractivity contribution is 0.501. The minimum absolute atomic E-state index is 0.109. The lowest BCUT2D eigenvalue weighted by Gasteiger charge is -2.08. The molecule has 0 radical (unpaired) electrons. The van der Waals surface area contributed by atoms with E-state index in [-0.39, 0.29) is 10.5 Å². The molecule has 0 aliphatic carbocycles. The lowest BCUT2D eigenvalue weighted by atomic mass is 10.1. The Kier molecular flexibility index (Phi) is 2.80. The number of halogens is 3. The SMILES string of the molecule is C[C@@H](N)c1ccc(F)c(F)c1Br. The predicted octanol–water partition coefficient (Wildman–Crippen LogP) is 2.75. The van der Waals surface area contributed by atoms with E-state index in [2.05, 4.69) is 15.9 Å². The van der Waals surface area contributed by atoms with Crippen molar-refractivity contribution in [3.05, 3.63) is 33.8 Å². The van der Waals surface area contributed by atoms with Gasteiger partial charge >= 0.3 is 0 Å². The summed E-state index contributed by atoms with van der Waals surface area (Å²) in [4.78, 5) is 0. The van der Waals surface area contributed by atoms with Crippen LogP contribution in [0.4, 0.5) is 8.78 Å². The molecule has 0 unspecified atom stereocenters. The van der Waals surface area contributed by atoms with Crippen LogP contribution in [0.5, 0.6) is 0 Å². The second kappa shape index (κ2) is 3.49. The summed E-state index contributed by atoms with van der Waals surface area (Å²) in [6.07, 6.45) is 0. The Balaban J connectivity index is 3.27. The van der Waals surface area contributed by atoms with E-state index >= 15 is 0 Å². The molecule has 1 rings (SSSR count). The zero-order valence-electron chi connectivity index (χ0n) is 6.44. The van der Waals surface area contributed by atoms with E-state index in [9.17, 15) is 8.78 Å². The molecule has 0 saturated heterocycles. The third kappa shape index (κ3) is 1.64. The smallest absolute Gasteiger partial charge is 0.173 e. The molecule has 4 heteroatoms. The largest absolute Gasteiger partial charge is 0.324 e. The molecule has 1 aromatic carbocycles. The number of benzene rings is 1. The van der Waals surface area contributed by atoms with Gasteiger partial charge in [0, 0.05) is 6.04 Å². The van der Waals surface area contributed by atoms with Crippen molar-refractivity contribution in [2.45, 2.75) is 13.0 Å². The third-order valence-corrected chi connectivity index (χ3v) is 2.36. The van der Waals surface area contributed by atoms with Crippen LogP contribution >= 0.6 is 15.9 Å². The van der Waals surface area contributed by atoms with Gasteiger partial charge in [-0.3, -0.25) is 0 Å². The first kappa shape index (κ1) is 9.61. The molecule has 0 amide bonds. The van der Waals surface area contributed by atoms with Crippen molar-refractivity contribution in [2.24, 2.45) is 5.73 Å². The maximum Gasteiger partial charge on any atom is 0.173 e. The molecule has 1 aromatic rings. The van der Waals surface area contributed by atoms with E-state index in [0.29, 0.717) is 5.56 Å². The highest BCUT2D eigenvalue weighted by Gasteiger charge is 2.12. The van der Waals surface area contributed by atoms with Gasteiger partial charge in [-0.25, -0.2) is 8.78 Å². The molecule has 2 N–H and O–H groups in total. The molecular formula is C8H8BrF2N. The van der Waals surface area contributed by atoms with E-state index in [4.69, 9.17) is 5.73 Å². The number of hydrogen-bond donors (Lipinski definition) is 1. The molecule has 12 heavy (non-hydrogen) atoms. The summed E-state index contributed by atoms with van der Waals surface area (Å²) >= 11 is 2.94. The van der Waals surface area contributed by atoms with Gasteiger partial charge in [0.1, 0.15) is 0 Å². The Morgan fingerprint density at radius 3 is 2.50 bits per heavy atom. The standard InChI is InChI=1S/C8H8BrF2N/c1-4(12)5-2-3-6(10)8(11)7(5)9/h2-4H,12H2,1H3/t4-/m1/s1. The van der Waals surface area contributed by atoms with E-state index in [1.807, 2.05) is 0 Å². The summed E-state index contributed by atoms with van der Waals surface area (Å²) in [5, 5.41) is 0. The summed E-state index contributed by atoms with van der Waals surface area (Å²) in [5.41, 5.74) is 6.08. The minimum atomic E-state index is -0.884. The predicted molar refractivity (Wildman–Crippen MR) is 46.7 cm³/mol. The van der Waals surface area contributed by atoms with Crippen LogP contribution in [0.25, 0.3) is 0 Å². The van der Waals surface area contributed by atoms with Crippen molar-refractivity contribution in [3.8, 4) is 0 Å². The van der Waals surface area contributed by atoms with Crippen LogP contribution in [0.2, 0.25) is 0 Å². The second-order valence-corrected chi connectivity index (χ2v) is 3.35. The molecular weight excluding hydrogens is 228 g/mol. The topological polar surface area (TPSA) is 26.0 Å². The van der Waals surface area contributed by atoms with Crippen molar-refractivity contribution >= 4 is 15.9 Å². The van der Waals surface area contributed by atoms with Gasteiger partial charge in [-0.15, -0.1) is 0 Å². The molecule has 0 aromatic heterocycles. The molecule has 0 saturated carbocycles. The second-order valence-electron chi connectivity index (χ2n) is 2.55. The Morgan fingerprint density at radius 1 is 1.42 bits per heavy atom. The van der Waals surface area contributed by atoms with E-state index in [1.54, 1.807) is 6.92 Å². The monoisotopic (exact) mass is 235 g/mol. The van der Waals surface area contributed by atoms with E-state index in [1.165, 1.54) is 6.07 Å². The van der Waals surface area contributed by atoms with Crippen LogP contribution in [0, 0.1) is 11.6 Å². The number of nitrogens with two attached hydrogens (primary N) is 1. The molecule has 0 spiro atoms. The van der Waals surface area contributed by atoms with Crippen molar-refractivity contribution in [2.75, 3.05) is 0 Å². The fourth-order valence-corrected chi connectivity index (χ4v) is 1.58. The molecule has 1 nitrogen and oxygen atoms in total. The fraction of sp³-hybridized carbons (Fsp3) is 0.250. The summed E-state index contributed by atoms with van der Waals surface area (Å²) in [6, 6.07) is 2.22. The van der Waals surface area contributed by atoms with E-state index in [0.717, 1.165) is 6.07 Å². The Morgan fingerprint density at radius 2 is 2.00 bits per heavy atom. The Hall–Kier alpha value is -0.480. The van der Waals surface area contributed by atoms with Gasteiger partial charge in [0.15, 0.2) is 11.6 Å². The zero-order chi connectivity index (χ0) is 9.30. The highest BCUT2D eigenvalue weighted by molar-refractivity contribution is 9.10. The average Bonchev–Trinajstić information content (AvgIpc) is 2.00. The van der Waals surface area contributed by atoms with Crippen molar-refractivity contribution in [3.63, 3.8) is 0 Å². The first-order chi connectivity index (χ1) is 5.54. The van der Waals surface area contributed by atoms with Crippen LogP contribution in [0.3, 0.4) is 0 Å². The van der Waals surface area contributed by atoms with Gasteiger partial charge in [0.05, 0.1) is 4.47 Å². The summed E-state index contributed by atoms with van der Waals surface area (Å²) in [6.45, 7) is 1.71. The third-order valence-electron chi connectivity index (χ3n) is 1.56. The van der Waals surface area contributed by atoms with Gasteiger partial charge in [-0.2, -0.15) is 0 Å². The van der Waals surface area contributed by atoms with Crippen LogP contribution in [-0.4, -0.2) is 0 Å². The van der Waals surface area contributed by atoms with Gasteiger partial charge in [0.25, 0.3) is 0 Å². The molecule has 66 valence electrons. The fourth-order valence-electron chi connectivity index (χ4n) is 0.893. The zero-order valence-corrected chi connectivity index (χ0v) is 8.03. The van der Waals surface area contributed by atoms with Crippen molar-refractivity contribution in [1.82, 2.24) is 0 Å². The average molecular weight is 236 g/mol. The highest BCUT2D eigenvalue weighted by Crippen LogP contribution is 2.26. The normalized spacial score (nSPS) is 13.1. The first-order valence-corrected chi connectivity index (χ1v) is 4.22. The van der Waals surface area contributed by atoms with E-state index < -0.39 is 11.6 Å². The number of hydrogen-bond acceptors (Lipinski definition) is 1. The molecule has 0 aliphatic heterocycles. The molecule has 0 aliphatic rings. The molecule has 0 heterocycles. The molecule has 0 fully saturated rings. The van der Waals surface area contributed by atoms with Crippen LogP contribution in [0.1, 0.15) is 18.5 Å². The van der Waals surface area contributed by atoms with Crippen molar-refractivity contribution in [1.29, 1.82) is 0 Å². The van der Waals surface area contributed by atoms with Crippen LogP contribution in [-0.2, 0) is 0 Å². The minimum Gasteiger partial charge on any atom is -0.324 e. The summed E-state index contributed by atoms with van der Waals surface area (Å²) in [7, 11) is 0. The van der Waals surface area contributed by atoms with Gasteiger partial charge in [-0.1, -0.05) is 6.07 Å². The Labute approximate surface area is 77.7 Å². The van der Waals surface area contributed by atoms with Gasteiger partial charge in [0.2, 0.25) is 0 Å². The highest BCUT2D eigenvalue weighted by atomic mass is 79.9.